The fourth-order valence-corrected chi connectivity index (χ4v) is 3.40. The summed E-state index contributed by atoms with van der Waals surface area (Å²) in [4.78, 5) is 0. The van der Waals surface area contributed by atoms with E-state index in [1.165, 1.54) is 45.4 Å². The Labute approximate surface area is 185 Å². The van der Waals surface area contributed by atoms with Gasteiger partial charge in [0.05, 0.1) is 0 Å². The minimum absolute atomic E-state index is 0.605. The SMILES string of the molecule is C=C1CCC(C(=C)C)C/C1=C\c1ccc(-c2cccc(C)c2)cc1.C=CCC.CC. The second kappa shape index (κ2) is 13.6. The summed E-state index contributed by atoms with van der Waals surface area (Å²) in [5.41, 5.74) is 9.06. The quantitative estimate of drug-likeness (QED) is 0.448. The van der Waals surface area contributed by atoms with Crippen LogP contribution in [-0.4, -0.2) is 0 Å². The highest BCUT2D eigenvalue weighted by Gasteiger charge is 2.19. The molecule has 1 fully saturated rings. The zero-order valence-corrected chi connectivity index (χ0v) is 19.8. The van der Waals surface area contributed by atoms with Crippen molar-refractivity contribution < 1.29 is 0 Å². The third-order valence-electron chi connectivity index (χ3n) is 5.30. The van der Waals surface area contributed by atoms with Crippen molar-refractivity contribution in [2.75, 3.05) is 0 Å². The van der Waals surface area contributed by atoms with Gasteiger partial charge in [0.15, 0.2) is 0 Å². The maximum absolute atomic E-state index is 4.26. The molecule has 0 amide bonds. The van der Waals surface area contributed by atoms with Crippen LogP contribution >= 0.6 is 0 Å². The Morgan fingerprint density at radius 2 is 1.70 bits per heavy atom. The first-order valence-electron chi connectivity index (χ1n) is 11.3. The fourth-order valence-electron chi connectivity index (χ4n) is 3.40. The largest absolute Gasteiger partial charge is 0.103 e. The van der Waals surface area contributed by atoms with Crippen molar-refractivity contribution in [2.45, 2.75) is 60.3 Å². The van der Waals surface area contributed by atoms with Crippen LogP contribution in [0.15, 0.2) is 91.1 Å². The first-order chi connectivity index (χ1) is 14.4. The van der Waals surface area contributed by atoms with Crippen molar-refractivity contribution >= 4 is 6.08 Å². The lowest BCUT2D eigenvalue weighted by Crippen LogP contribution is -2.10. The molecule has 2 aromatic rings. The van der Waals surface area contributed by atoms with Crippen LogP contribution in [0.2, 0.25) is 0 Å². The lowest BCUT2D eigenvalue weighted by Gasteiger charge is -2.26. The molecule has 0 aromatic heterocycles. The van der Waals surface area contributed by atoms with Gasteiger partial charge in [-0.2, -0.15) is 0 Å². The number of allylic oxidation sites excluding steroid dienone is 4. The van der Waals surface area contributed by atoms with Crippen molar-refractivity contribution in [1.29, 1.82) is 0 Å². The molecule has 0 bridgehead atoms. The zero-order chi connectivity index (χ0) is 22.5. The van der Waals surface area contributed by atoms with Crippen LogP contribution in [0.1, 0.15) is 64.5 Å². The predicted octanol–water partition coefficient (Wildman–Crippen LogP) is 9.59. The van der Waals surface area contributed by atoms with Crippen LogP contribution in [0, 0.1) is 12.8 Å². The minimum Gasteiger partial charge on any atom is -0.103 e. The van der Waals surface area contributed by atoms with E-state index in [-0.39, 0.29) is 0 Å². The lowest BCUT2D eigenvalue weighted by atomic mass is 9.79. The number of hydrogen-bond acceptors (Lipinski definition) is 0. The number of rotatable bonds is 4. The van der Waals surface area contributed by atoms with Crippen molar-refractivity contribution in [3.63, 3.8) is 0 Å². The molecule has 0 radical (unpaired) electrons. The number of aryl methyl sites for hydroxylation is 1. The smallest absolute Gasteiger partial charge is 0.0165 e. The van der Waals surface area contributed by atoms with Gasteiger partial charge in [-0.15, -0.1) is 6.58 Å². The van der Waals surface area contributed by atoms with Gasteiger partial charge in [-0.05, 0) is 67.7 Å². The van der Waals surface area contributed by atoms with Gasteiger partial charge in [0, 0.05) is 0 Å². The molecule has 0 heterocycles. The summed E-state index contributed by atoms with van der Waals surface area (Å²) in [6.45, 7) is 22.2. The van der Waals surface area contributed by atoms with E-state index in [4.69, 9.17) is 0 Å². The molecular formula is C30H40. The van der Waals surface area contributed by atoms with E-state index in [1.807, 2.05) is 19.9 Å². The summed E-state index contributed by atoms with van der Waals surface area (Å²) in [6.07, 6.45) is 8.62. The molecule has 0 N–H and O–H groups in total. The molecule has 30 heavy (non-hydrogen) atoms. The van der Waals surface area contributed by atoms with Crippen molar-refractivity contribution in [1.82, 2.24) is 0 Å². The second-order valence-corrected chi connectivity index (χ2v) is 7.75. The van der Waals surface area contributed by atoms with E-state index in [2.05, 4.69) is 95.1 Å². The van der Waals surface area contributed by atoms with E-state index in [1.54, 1.807) is 0 Å². The zero-order valence-electron chi connectivity index (χ0n) is 19.8. The van der Waals surface area contributed by atoms with E-state index < -0.39 is 0 Å². The molecule has 0 aliphatic heterocycles. The fraction of sp³-hybridized carbons (Fsp3) is 0.333. The van der Waals surface area contributed by atoms with Crippen molar-refractivity contribution in [2.24, 2.45) is 5.92 Å². The molecule has 3 rings (SSSR count). The summed E-state index contributed by atoms with van der Waals surface area (Å²) in [5.74, 6) is 0.605. The molecule has 0 spiro atoms. The summed E-state index contributed by atoms with van der Waals surface area (Å²) in [6, 6.07) is 17.5. The Hall–Kier alpha value is -2.60. The van der Waals surface area contributed by atoms with Crippen LogP contribution < -0.4 is 0 Å². The van der Waals surface area contributed by atoms with Gasteiger partial charge >= 0.3 is 0 Å². The topological polar surface area (TPSA) is 0 Å². The highest BCUT2D eigenvalue weighted by molar-refractivity contribution is 5.67. The van der Waals surface area contributed by atoms with Crippen molar-refractivity contribution in [3.8, 4) is 11.1 Å². The van der Waals surface area contributed by atoms with Gasteiger partial charge in [-0.3, -0.25) is 0 Å². The molecule has 0 heteroatoms. The normalized spacial score (nSPS) is 16.6. The molecule has 0 saturated heterocycles. The predicted molar refractivity (Wildman–Crippen MR) is 138 cm³/mol. The van der Waals surface area contributed by atoms with Gasteiger partial charge in [-0.25, -0.2) is 0 Å². The van der Waals surface area contributed by atoms with Gasteiger partial charge in [0.25, 0.3) is 0 Å². The molecule has 160 valence electrons. The van der Waals surface area contributed by atoms with Gasteiger partial charge in [-0.1, -0.05) is 111 Å². The molecule has 1 saturated carbocycles. The highest BCUT2D eigenvalue weighted by atomic mass is 14.2. The van der Waals surface area contributed by atoms with Crippen LogP contribution in [0.5, 0.6) is 0 Å². The second-order valence-electron chi connectivity index (χ2n) is 7.75. The van der Waals surface area contributed by atoms with E-state index in [9.17, 15) is 0 Å². The Morgan fingerprint density at radius 1 is 1.07 bits per heavy atom. The van der Waals surface area contributed by atoms with E-state index in [0.717, 1.165) is 19.3 Å². The minimum atomic E-state index is 0.605. The number of hydrogen-bond donors (Lipinski definition) is 0. The Balaban J connectivity index is 0.000000673. The van der Waals surface area contributed by atoms with E-state index in [0.29, 0.717) is 5.92 Å². The maximum atomic E-state index is 4.26. The summed E-state index contributed by atoms with van der Waals surface area (Å²) >= 11 is 0. The summed E-state index contributed by atoms with van der Waals surface area (Å²) in [5, 5.41) is 0. The Morgan fingerprint density at radius 3 is 2.23 bits per heavy atom. The molecule has 1 atom stereocenters. The van der Waals surface area contributed by atoms with Gasteiger partial charge in [0.1, 0.15) is 0 Å². The van der Waals surface area contributed by atoms with Gasteiger partial charge < -0.3 is 0 Å². The highest BCUT2D eigenvalue weighted by Crippen LogP contribution is 2.36. The van der Waals surface area contributed by atoms with Gasteiger partial charge in [0.2, 0.25) is 0 Å². The Kier molecular flexibility index (Phi) is 11.5. The van der Waals surface area contributed by atoms with Crippen LogP contribution in [0.3, 0.4) is 0 Å². The molecular weight excluding hydrogens is 360 g/mol. The standard InChI is InChI=1S/C24H26.C4H8.C2H6/c1-17(2)22-11-8-19(4)24(16-22)15-20-9-12-21(13-10-20)23-7-5-6-18(3)14-23;1-3-4-2;1-2/h5-7,9-10,12-15,22H,1,4,8,11,16H2,2-3H3;3H,1,4H2,2H3;1-2H3/b24-15+;;. The summed E-state index contributed by atoms with van der Waals surface area (Å²) < 4.78 is 0. The molecule has 1 unspecified atom stereocenters. The third-order valence-corrected chi connectivity index (χ3v) is 5.30. The number of benzene rings is 2. The first-order valence-corrected chi connectivity index (χ1v) is 11.3. The molecule has 1 aliphatic carbocycles. The average molecular weight is 401 g/mol. The van der Waals surface area contributed by atoms with E-state index >= 15 is 0 Å². The molecule has 1 aliphatic rings. The lowest BCUT2D eigenvalue weighted by molar-refractivity contribution is 0.526. The van der Waals surface area contributed by atoms with Crippen LogP contribution in [0.4, 0.5) is 0 Å². The maximum Gasteiger partial charge on any atom is -0.0165 e. The van der Waals surface area contributed by atoms with Crippen LogP contribution in [-0.2, 0) is 0 Å². The molecule has 0 nitrogen and oxygen atoms in total. The monoisotopic (exact) mass is 400 g/mol. The summed E-state index contributed by atoms with van der Waals surface area (Å²) in [7, 11) is 0. The average Bonchev–Trinajstić information content (AvgIpc) is 2.77. The first kappa shape index (κ1) is 25.4. The van der Waals surface area contributed by atoms with Crippen molar-refractivity contribution in [3.05, 3.63) is 102 Å². The molecule has 2 aromatic carbocycles. The van der Waals surface area contributed by atoms with Crippen LogP contribution in [0.25, 0.3) is 17.2 Å². The Bertz CT molecular complexity index is 846. The third kappa shape index (κ3) is 8.03.